The lowest BCUT2D eigenvalue weighted by Crippen LogP contribution is -2.39. The van der Waals surface area contributed by atoms with Gasteiger partial charge in [0.25, 0.3) is 5.56 Å². The van der Waals surface area contributed by atoms with Gasteiger partial charge in [-0.25, -0.2) is 9.18 Å². The van der Waals surface area contributed by atoms with E-state index in [2.05, 4.69) is 13.8 Å². The number of hydrogen-bond donors (Lipinski definition) is 0. The van der Waals surface area contributed by atoms with Crippen molar-refractivity contribution in [2.24, 2.45) is 5.92 Å². The van der Waals surface area contributed by atoms with Gasteiger partial charge in [-0.1, -0.05) is 26.0 Å². The fraction of sp³-hybridized carbons (Fsp3) is 0.400. The lowest BCUT2D eigenvalue weighted by molar-refractivity contribution is 0.493. The summed E-state index contributed by atoms with van der Waals surface area (Å²) < 4.78 is 16.5. The zero-order valence-electron chi connectivity index (χ0n) is 15.1. The fourth-order valence-corrected chi connectivity index (χ4v) is 4.65. The van der Waals surface area contributed by atoms with Crippen LogP contribution < -0.4 is 11.2 Å². The Bertz CT molecular complexity index is 1100. The summed E-state index contributed by atoms with van der Waals surface area (Å²) in [6.07, 6.45) is 1.74. The van der Waals surface area contributed by atoms with Crippen LogP contribution in [0.2, 0.25) is 0 Å². The Hall–Kier alpha value is -2.21. The second-order valence-electron chi connectivity index (χ2n) is 7.41. The van der Waals surface area contributed by atoms with Gasteiger partial charge in [-0.2, -0.15) is 0 Å². The van der Waals surface area contributed by atoms with Crippen molar-refractivity contribution in [3.8, 4) is 11.1 Å². The number of halogens is 1. The minimum Gasteiger partial charge on any atom is -0.284 e. The van der Waals surface area contributed by atoms with E-state index in [0.29, 0.717) is 11.9 Å². The summed E-state index contributed by atoms with van der Waals surface area (Å²) in [6.45, 7) is 6.65. The van der Waals surface area contributed by atoms with Crippen molar-refractivity contribution in [2.75, 3.05) is 0 Å². The van der Waals surface area contributed by atoms with Gasteiger partial charge in [-0.05, 0) is 43.4 Å². The first-order valence-corrected chi connectivity index (χ1v) is 9.74. The maximum atomic E-state index is 13.4. The minimum absolute atomic E-state index is 0.0130. The number of aryl methyl sites for hydroxylation is 1. The third-order valence-corrected chi connectivity index (χ3v) is 5.90. The number of aromatic nitrogens is 2. The van der Waals surface area contributed by atoms with E-state index in [1.165, 1.54) is 28.0 Å². The summed E-state index contributed by atoms with van der Waals surface area (Å²) in [5, 5.41) is 0.589. The van der Waals surface area contributed by atoms with Crippen LogP contribution in [-0.4, -0.2) is 9.13 Å². The quantitative estimate of drug-likeness (QED) is 0.684. The average Bonchev–Trinajstić information content (AvgIpc) is 3.34. The number of fused-ring (bicyclic) bond motifs is 1. The van der Waals surface area contributed by atoms with Crippen molar-refractivity contribution >= 4 is 21.6 Å². The summed E-state index contributed by atoms with van der Waals surface area (Å²) in [4.78, 5) is 27.9. The average molecular weight is 372 g/mol. The van der Waals surface area contributed by atoms with Crippen LogP contribution in [0.25, 0.3) is 21.3 Å². The molecule has 1 saturated carbocycles. The Morgan fingerprint density at radius 1 is 1.19 bits per heavy atom. The minimum atomic E-state index is -0.307. The third-order valence-electron chi connectivity index (χ3n) is 4.77. The van der Waals surface area contributed by atoms with Gasteiger partial charge in [0.1, 0.15) is 10.6 Å². The molecule has 1 aromatic carbocycles. The molecule has 3 aromatic rings. The molecule has 0 N–H and O–H groups in total. The number of hydrogen-bond acceptors (Lipinski definition) is 3. The Kier molecular flexibility index (Phi) is 4.10. The molecule has 0 unspecified atom stereocenters. The van der Waals surface area contributed by atoms with Crippen molar-refractivity contribution in [2.45, 2.75) is 46.2 Å². The van der Waals surface area contributed by atoms with Crippen LogP contribution in [0.3, 0.4) is 0 Å². The maximum absolute atomic E-state index is 13.4. The predicted molar refractivity (Wildman–Crippen MR) is 104 cm³/mol. The molecule has 2 heterocycles. The maximum Gasteiger partial charge on any atom is 0.332 e. The van der Waals surface area contributed by atoms with Crippen LogP contribution in [0, 0.1) is 18.7 Å². The third kappa shape index (κ3) is 2.72. The molecule has 0 spiro atoms. The van der Waals surface area contributed by atoms with Gasteiger partial charge in [0, 0.05) is 23.0 Å². The molecule has 6 heteroatoms. The summed E-state index contributed by atoms with van der Waals surface area (Å²) in [5.74, 6) is -0.0178. The highest BCUT2D eigenvalue weighted by atomic mass is 32.1. The van der Waals surface area contributed by atoms with Gasteiger partial charge >= 0.3 is 5.69 Å². The zero-order valence-corrected chi connectivity index (χ0v) is 15.9. The Morgan fingerprint density at radius 3 is 2.42 bits per heavy atom. The number of thiophene rings is 1. The van der Waals surface area contributed by atoms with Crippen molar-refractivity contribution < 1.29 is 4.39 Å². The van der Waals surface area contributed by atoms with Crippen molar-refractivity contribution in [1.29, 1.82) is 0 Å². The molecular weight excluding hydrogens is 351 g/mol. The van der Waals surface area contributed by atoms with Gasteiger partial charge in [0.15, 0.2) is 0 Å². The standard InChI is InChI=1S/C20H21FN2O2S/c1-11(2)10-22-19-17(18(24)23(20(22)25)15-8-9-15)16(12(3)26-19)13-4-6-14(21)7-5-13/h4-7,11,15H,8-10H2,1-3H3. The zero-order chi connectivity index (χ0) is 18.6. The van der Waals surface area contributed by atoms with Gasteiger partial charge < -0.3 is 0 Å². The van der Waals surface area contributed by atoms with E-state index in [4.69, 9.17) is 0 Å². The van der Waals surface area contributed by atoms with Gasteiger partial charge in [-0.3, -0.25) is 13.9 Å². The lowest BCUT2D eigenvalue weighted by Gasteiger charge is -2.13. The molecule has 136 valence electrons. The van der Waals surface area contributed by atoms with Crippen LogP contribution in [0.1, 0.15) is 37.6 Å². The van der Waals surface area contributed by atoms with Crippen molar-refractivity contribution in [3.05, 3.63) is 55.8 Å². The van der Waals surface area contributed by atoms with E-state index in [1.54, 1.807) is 16.7 Å². The van der Waals surface area contributed by atoms with E-state index in [1.807, 2.05) is 6.92 Å². The molecule has 1 aliphatic rings. The second-order valence-corrected chi connectivity index (χ2v) is 8.62. The molecular formula is C20H21FN2O2S. The van der Waals surface area contributed by atoms with Crippen LogP contribution in [-0.2, 0) is 6.54 Å². The highest BCUT2D eigenvalue weighted by Gasteiger charge is 2.30. The van der Waals surface area contributed by atoms with Gasteiger partial charge in [0.2, 0.25) is 0 Å². The summed E-state index contributed by atoms with van der Waals surface area (Å²) in [7, 11) is 0. The lowest BCUT2D eigenvalue weighted by atomic mass is 10.0. The fourth-order valence-electron chi connectivity index (χ4n) is 3.49. The molecule has 2 aromatic heterocycles. The van der Waals surface area contributed by atoms with Crippen LogP contribution in [0.4, 0.5) is 4.39 Å². The normalized spacial score (nSPS) is 14.5. The smallest absolute Gasteiger partial charge is 0.284 e. The largest absolute Gasteiger partial charge is 0.332 e. The van der Waals surface area contributed by atoms with E-state index in [9.17, 15) is 14.0 Å². The monoisotopic (exact) mass is 372 g/mol. The highest BCUT2D eigenvalue weighted by molar-refractivity contribution is 7.19. The molecule has 1 fully saturated rings. The van der Waals surface area contributed by atoms with Crippen molar-refractivity contribution in [1.82, 2.24) is 9.13 Å². The Balaban J connectivity index is 2.10. The number of benzene rings is 1. The molecule has 0 amide bonds. The molecule has 0 aliphatic heterocycles. The van der Waals surface area contributed by atoms with Crippen LogP contribution >= 0.6 is 11.3 Å². The van der Waals surface area contributed by atoms with E-state index in [0.717, 1.165) is 33.7 Å². The highest BCUT2D eigenvalue weighted by Crippen LogP contribution is 2.38. The summed E-state index contributed by atoms with van der Waals surface area (Å²) in [5.41, 5.74) is 1.22. The molecule has 4 rings (SSSR count). The van der Waals surface area contributed by atoms with Gasteiger partial charge in [0.05, 0.1) is 5.39 Å². The van der Waals surface area contributed by atoms with E-state index in [-0.39, 0.29) is 29.0 Å². The molecule has 1 aliphatic carbocycles. The summed E-state index contributed by atoms with van der Waals surface area (Å²) >= 11 is 1.47. The van der Waals surface area contributed by atoms with Crippen molar-refractivity contribution in [3.63, 3.8) is 0 Å². The number of nitrogens with zero attached hydrogens (tertiary/aromatic N) is 2. The topological polar surface area (TPSA) is 44.0 Å². The second kappa shape index (κ2) is 6.20. The first-order valence-electron chi connectivity index (χ1n) is 8.93. The molecule has 0 atom stereocenters. The first-order chi connectivity index (χ1) is 12.4. The molecule has 0 saturated heterocycles. The Morgan fingerprint density at radius 2 is 1.85 bits per heavy atom. The first kappa shape index (κ1) is 17.2. The van der Waals surface area contributed by atoms with Crippen LogP contribution in [0.15, 0.2) is 33.9 Å². The Labute approximate surface area is 154 Å². The molecule has 0 bridgehead atoms. The van der Waals surface area contributed by atoms with E-state index >= 15 is 0 Å². The van der Waals surface area contributed by atoms with Crippen LogP contribution in [0.5, 0.6) is 0 Å². The molecule has 0 radical (unpaired) electrons. The summed E-state index contributed by atoms with van der Waals surface area (Å²) in [6, 6.07) is 6.22. The SMILES string of the molecule is Cc1sc2c(c1-c1ccc(F)cc1)c(=O)n(C1CC1)c(=O)n2CC(C)C. The number of rotatable bonds is 4. The predicted octanol–water partition coefficient (Wildman–Crippen LogP) is 4.33. The molecule has 26 heavy (non-hydrogen) atoms. The molecule has 4 nitrogen and oxygen atoms in total. The van der Waals surface area contributed by atoms with E-state index < -0.39 is 0 Å². The van der Waals surface area contributed by atoms with Gasteiger partial charge in [-0.15, -0.1) is 11.3 Å².